The molecule has 0 atom stereocenters. The predicted octanol–water partition coefficient (Wildman–Crippen LogP) is 3.25. The van der Waals surface area contributed by atoms with Crippen LogP contribution in [-0.2, 0) is 17.9 Å². The zero-order chi connectivity index (χ0) is 20.6. The summed E-state index contributed by atoms with van der Waals surface area (Å²) in [7, 11) is 1.65. The Morgan fingerprint density at radius 1 is 1.00 bits per heavy atom. The van der Waals surface area contributed by atoms with Crippen LogP contribution in [0.4, 0.5) is 0 Å². The second kappa shape index (κ2) is 10.4. The van der Waals surface area contributed by atoms with Crippen LogP contribution in [0, 0.1) is 0 Å². The van der Waals surface area contributed by atoms with E-state index in [1.165, 1.54) is 11.1 Å². The summed E-state index contributed by atoms with van der Waals surface area (Å²) in [4.78, 5) is 17.0. The Bertz CT molecular complexity index is 781. The smallest absolute Gasteiger partial charge is 0.234 e. The van der Waals surface area contributed by atoms with Crippen LogP contribution in [0.3, 0.4) is 0 Å². The lowest BCUT2D eigenvalue weighted by Crippen LogP contribution is -2.49. The molecule has 0 aromatic heterocycles. The molecule has 0 saturated carbocycles. The molecule has 0 aliphatic carbocycles. The molecule has 0 unspecified atom stereocenters. The molecule has 1 aliphatic rings. The Kier molecular flexibility index (Phi) is 7.67. The third-order valence-corrected chi connectivity index (χ3v) is 5.55. The van der Waals surface area contributed by atoms with Crippen LogP contribution in [0.5, 0.6) is 5.75 Å². The summed E-state index contributed by atoms with van der Waals surface area (Å²) in [6.45, 7) is 10.2. The number of methoxy groups -OCH3 is 1. The Balaban J connectivity index is 1.39. The number of nitrogens with zero attached hydrogens (tertiary/aromatic N) is 2. The minimum atomic E-state index is 0.0635. The molecule has 1 saturated heterocycles. The van der Waals surface area contributed by atoms with Gasteiger partial charge in [0.05, 0.1) is 13.7 Å². The zero-order valence-electron chi connectivity index (χ0n) is 17.9. The molecule has 1 amide bonds. The largest absolute Gasteiger partial charge is 0.496 e. The van der Waals surface area contributed by atoms with Gasteiger partial charge in [0.25, 0.3) is 0 Å². The van der Waals surface area contributed by atoms with Gasteiger partial charge in [0, 0.05) is 44.8 Å². The summed E-state index contributed by atoms with van der Waals surface area (Å²) in [5.74, 6) is 1.44. The molecule has 1 aliphatic heterocycles. The maximum absolute atomic E-state index is 12.3. The molecule has 2 aromatic carbocycles. The van der Waals surface area contributed by atoms with Gasteiger partial charge in [0.15, 0.2) is 0 Å². The number of amides is 1. The van der Waals surface area contributed by atoms with Gasteiger partial charge in [-0.25, -0.2) is 0 Å². The van der Waals surface area contributed by atoms with E-state index in [1.807, 2.05) is 24.3 Å². The fourth-order valence-corrected chi connectivity index (χ4v) is 3.67. The van der Waals surface area contributed by atoms with Crippen molar-refractivity contribution >= 4 is 5.91 Å². The van der Waals surface area contributed by atoms with Gasteiger partial charge in [-0.2, -0.15) is 0 Å². The standard InChI is InChI=1S/C24H33N3O2/c1-19(2)21-10-8-20(9-11-21)17-26-12-14-27(15-13-26)18-24(28)25-16-22-6-4-5-7-23(22)29-3/h4-11,19H,12-18H2,1-3H3,(H,25,28). The molecular weight excluding hydrogens is 362 g/mol. The van der Waals surface area contributed by atoms with Crippen LogP contribution >= 0.6 is 0 Å². The summed E-state index contributed by atoms with van der Waals surface area (Å²) < 4.78 is 5.34. The van der Waals surface area contributed by atoms with Gasteiger partial charge in [-0.3, -0.25) is 14.6 Å². The lowest BCUT2D eigenvalue weighted by atomic mass is 10.0. The molecule has 156 valence electrons. The molecule has 29 heavy (non-hydrogen) atoms. The van der Waals surface area contributed by atoms with Gasteiger partial charge in [0.2, 0.25) is 5.91 Å². The van der Waals surface area contributed by atoms with Gasteiger partial charge in [-0.1, -0.05) is 56.3 Å². The average molecular weight is 396 g/mol. The quantitative estimate of drug-likeness (QED) is 0.745. The van der Waals surface area contributed by atoms with Crippen molar-refractivity contribution in [3.63, 3.8) is 0 Å². The summed E-state index contributed by atoms with van der Waals surface area (Å²) in [5, 5.41) is 3.01. The molecule has 0 spiro atoms. The number of para-hydroxylation sites is 1. The summed E-state index contributed by atoms with van der Waals surface area (Å²) in [6.07, 6.45) is 0. The predicted molar refractivity (Wildman–Crippen MR) is 117 cm³/mol. The first kappa shape index (κ1) is 21.3. The Hall–Kier alpha value is -2.37. The minimum Gasteiger partial charge on any atom is -0.496 e. The second-order valence-electron chi connectivity index (χ2n) is 8.04. The topological polar surface area (TPSA) is 44.8 Å². The first-order chi connectivity index (χ1) is 14.0. The van der Waals surface area contributed by atoms with Crippen molar-refractivity contribution in [2.75, 3.05) is 39.8 Å². The maximum atomic E-state index is 12.3. The van der Waals surface area contributed by atoms with E-state index in [1.54, 1.807) is 7.11 Å². The second-order valence-corrected chi connectivity index (χ2v) is 8.04. The fraction of sp³-hybridized carbons (Fsp3) is 0.458. The zero-order valence-corrected chi connectivity index (χ0v) is 17.9. The summed E-state index contributed by atoms with van der Waals surface area (Å²) >= 11 is 0. The van der Waals surface area contributed by atoms with Gasteiger partial charge in [-0.15, -0.1) is 0 Å². The summed E-state index contributed by atoms with van der Waals surface area (Å²) in [5.41, 5.74) is 3.74. The number of carbonyl (C=O) groups is 1. The summed E-state index contributed by atoms with van der Waals surface area (Å²) in [6, 6.07) is 16.7. The van der Waals surface area contributed by atoms with Crippen molar-refractivity contribution in [1.82, 2.24) is 15.1 Å². The van der Waals surface area contributed by atoms with Crippen LogP contribution in [0.15, 0.2) is 48.5 Å². The highest BCUT2D eigenvalue weighted by Crippen LogP contribution is 2.17. The molecular formula is C24H33N3O2. The lowest BCUT2D eigenvalue weighted by molar-refractivity contribution is -0.122. The number of rotatable bonds is 8. The van der Waals surface area contributed by atoms with Crippen molar-refractivity contribution in [1.29, 1.82) is 0 Å². The normalized spacial score (nSPS) is 15.4. The van der Waals surface area contributed by atoms with E-state index >= 15 is 0 Å². The van der Waals surface area contributed by atoms with Crippen molar-refractivity contribution < 1.29 is 9.53 Å². The third-order valence-electron chi connectivity index (χ3n) is 5.55. The number of benzene rings is 2. The lowest BCUT2D eigenvalue weighted by Gasteiger charge is -2.34. The minimum absolute atomic E-state index is 0.0635. The maximum Gasteiger partial charge on any atom is 0.234 e. The van der Waals surface area contributed by atoms with Crippen LogP contribution in [0.25, 0.3) is 0 Å². The monoisotopic (exact) mass is 395 g/mol. The van der Waals surface area contributed by atoms with Gasteiger partial charge in [-0.05, 0) is 23.1 Å². The van der Waals surface area contributed by atoms with Gasteiger partial charge >= 0.3 is 0 Å². The number of carbonyl (C=O) groups excluding carboxylic acids is 1. The molecule has 0 bridgehead atoms. The highest BCUT2D eigenvalue weighted by molar-refractivity contribution is 5.78. The van der Waals surface area contributed by atoms with Crippen molar-refractivity contribution in [2.45, 2.75) is 32.9 Å². The van der Waals surface area contributed by atoms with Crippen molar-refractivity contribution in [2.24, 2.45) is 0 Å². The van der Waals surface area contributed by atoms with E-state index in [4.69, 9.17) is 4.74 Å². The van der Waals surface area contributed by atoms with E-state index in [-0.39, 0.29) is 5.91 Å². The Morgan fingerprint density at radius 3 is 2.31 bits per heavy atom. The molecule has 5 heteroatoms. The van der Waals surface area contributed by atoms with E-state index in [9.17, 15) is 4.79 Å². The molecule has 5 nitrogen and oxygen atoms in total. The highest BCUT2D eigenvalue weighted by Gasteiger charge is 2.19. The molecule has 2 aromatic rings. The average Bonchev–Trinajstić information content (AvgIpc) is 2.74. The van der Waals surface area contributed by atoms with Crippen LogP contribution < -0.4 is 10.1 Å². The number of hydrogen-bond donors (Lipinski definition) is 1. The Labute approximate surface area is 174 Å². The van der Waals surface area contributed by atoms with E-state index in [0.29, 0.717) is 19.0 Å². The molecule has 1 heterocycles. The van der Waals surface area contributed by atoms with E-state index < -0.39 is 0 Å². The first-order valence-corrected chi connectivity index (χ1v) is 10.5. The van der Waals surface area contributed by atoms with Gasteiger partial charge < -0.3 is 10.1 Å². The van der Waals surface area contributed by atoms with E-state index in [2.05, 4.69) is 53.2 Å². The fourth-order valence-electron chi connectivity index (χ4n) is 3.67. The highest BCUT2D eigenvalue weighted by atomic mass is 16.5. The molecule has 1 N–H and O–H groups in total. The molecule has 0 radical (unpaired) electrons. The van der Waals surface area contributed by atoms with Gasteiger partial charge in [0.1, 0.15) is 5.75 Å². The molecule has 1 fully saturated rings. The SMILES string of the molecule is COc1ccccc1CNC(=O)CN1CCN(Cc2ccc(C(C)C)cc2)CC1. The van der Waals surface area contributed by atoms with Crippen molar-refractivity contribution in [3.8, 4) is 5.75 Å². The van der Waals surface area contributed by atoms with Crippen LogP contribution in [0.1, 0.15) is 36.5 Å². The number of hydrogen-bond acceptors (Lipinski definition) is 4. The number of piperazine rings is 1. The van der Waals surface area contributed by atoms with Crippen LogP contribution in [-0.4, -0.2) is 55.5 Å². The first-order valence-electron chi connectivity index (χ1n) is 10.5. The third kappa shape index (κ3) is 6.31. The van der Waals surface area contributed by atoms with Crippen molar-refractivity contribution in [3.05, 3.63) is 65.2 Å². The van der Waals surface area contributed by atoms with E-state index in [0.717, 1.165) is 44.0 Å². The Morgan fingerprint density at radius 2 is 1.66 bits per heavy atom. The van der Waals surface area contributed by atoms with Crippen LogP contribution in [0.2, 0.25) is 0 Å². The number of ether oxygens (including phenoxy) is 1. The number of nitrogens with one attached hydrogen (secondary N) is 1. The molecule has 3 rings (SSSR count).